The number of phenols is 1. The Labute approximate surface area is 131 Å². The Kier molecular flexibility index (Phi) is 4.07. The molecule has 0 fully saturated rings. The van der Waals surface area contributed by atoms with Crippen molar-refractivity contribution in [1.82, 2.24) is 25.8 Å². The van der Waals surface area contributed by atoms with Crippen molar-refractivity contribution >= 4 is 16.9 Å². The lowest BCUT2D eigenvalue weighted by Gasteiger charge is -2.08. The summed E-state index contributed by atoms with van der Waals surface area (Å²) in [7, 11) is 1.58. The van der Waals surface area contributed by atoms with E-state index < -0.39 is 0 Å². The van der Waals surface area contributed by atoms with Crippen LogP contribution in [0.2, 0.25) is 0 Å². The van der Waals surface area contributed by atoms with Crippen LogP contribution in [-0.2, 0) is 4.79 Å². The number of nitrogens with one attached hydrogen (secondary N) is 2. The van der Waals surface area contributed by atoms with Crippen molar-refractivity contribution in [2.75, 3.05) is 13.7 Å². The van der Waals surface area contributed by atoms with E-state index in [-0.39, 0.29) is 18.3 Å². The zero-order valence-corrected chi connectivity index (χ0v) is 12.4. The maximum Gasteiger partial charge on any atom is 0.271 e. The molecule has 0 aliphatic carbocycles. The van der Waals surface area contributed by atoms with Crippen LogP contribution >= 0.6 is 0 Å². The van der Waals surface area contributed by atoms with Crippen molar-refractivity contribution in [3.05, 3.63) is 42.5 Å². The number of hydrogen-bond acceptors (Lipinski definition) is 6. The number of hydrazine groups is 1. The molecule has 8 heteroatoms. The van der Waals surface area contributed by atoms with Crippen molar-refractivity contribution in [2.24, 2.45) is 0 Å². The van der Waals surface area contributed by atoms with Gasteiger partial charge in [-0.25, -0.2) is 5.43 Å². The molecule has 23 heavy (non-hydrogen) atoms. The Balaban J connectivity index is 1.80. The fraction of sp³-hybridized carbons (Fsp3) is 0.133. The molecule has 0 radical (unpaired) electrons. The van der Waals surface area contributed by atoms with Crippen molar-refractivity contribution < 1.29 is 14.6 Å². The van der Waals surface area contributed by atoms with Crippen molar-refractivity contribution in [1.29, 1.82) is 0 Å². The molecule has 0 saturated carbocycles. The van der Waals surface area contributed by atoms with Crippen molar-refractivity contribution in [3.63, 3.8) is 0 Å². The summed E-state index contributed by atoms with van der Waals surface area (Å²) in [5, 5.41) is 18.8. The highest BCUT2D eigenvalue weighted by atomic mass is 16.5. The first-order valence-electron chi connectivity index (χ1n) is 6.91. The monoisotopic (exact) mass is 313 g/mol. The summed E-state index contributed by atoms with van der Waals surface area (Å²) < 4.78 is 5.29. The lowest BCUT2D eigenvalue weighted by molar-refractivity contribution is -0.123. The topological polar surface area (TPSA) is 101 Å². The summed E-state index contributed by atoms with van der Waals surface area (Å²) in [6, 6.07) is 12.1. The number of amides is 1. The normalized spacial score (nSPS) is 10.7. The van der Waals surface area contributed by atoms with Crippen LogP contribution in [-0.4, -0.2) is 39.7 Å². The number of ether oxygens (including phenoxy) is 1. The Hall–Kier alpha value is -3.13. The summed E-state index contributed by atoms with van der Waals surface area (Å²) in [5.74, 6) is 0.00195. The minimum atomic E-state index is -0.323. The van der Waals surface area contributed by atoms with Crippen LogP contribution in [0.5, 0.6) is 11.5 Å². The number of nitrogens with zero attached hydrogens (tertiary/aromatic N) is 3. The molecule has 0 saturated heterocycles. The van der Waals surface area contributed by atoms with Gasteiger partial charge in [-0.1, -0.05) is 12.1 Å². The minimum absolute atomic E-state index is 0.0446. The number of hydrogen-bond donors (Lipinski definition) is 3. The molecule has 118 valence electrons. The molecule has 1 aromatic heterocycles. The van der Waals surface area contributed by atoms with Gasteiger partial charge in [-0.15, -0.1) is 15.0 Å². The van der Waals surface area contributed by atoms with E-state index >= 15 is 0 Å². The largest absolute Gasteiger partial charge is 0.505 e. The average Bonchev–Trinajstić information content (AvgIpc) is 2.97. The van der Waals surface area contributed by atoms with Gasteiger partial charge in [0, 0.05) is 13.1 Å². The summed E-state index contributed by atoms with van der Waals surface area (Å²) >= 11 is 0. The molecular weight excluding hydrogens is 298 g/mol. The van der Waals surface area contributed by atoms with Crippen LogP contribution in [0.1, 0.15) is 0 Å². The average molecular weight is 313 g/mol. The SMILES string of the molecule is CNNC(=O)COc1ccc(-n2nc3ccccc3n2)c(O)c1. The smallest absolute Gasteiger partial charge is 0.271 e. The van der Waals surface area contributed by atoms with Crippen molar-refractivity contribution in [3.8, 4) is 17.2 Å². The predicted octanol–water partition coefficient (Wildman–Crippen LogP) is 0.755. The number of benzene rings is 2. The third-order valence-corrected chi connectivity index (χ3v) is 3.08. The van der Waals surface area contributed by atoms with Gasteiger partial charge in [0.05, 0.1) is 0 Å². The maximum absolute atomic E-state index is 11.3. The second kappa shape index (κ2) is 6.32. The number of fused-ring (bicyclic) bond motifs is 1. The highest BCUT2D eigenvalue weighted by Crippen LogP contribution is 2.26. The van der Waals surface area contributed by atoms with E-state index in [2.05, 4.69) is 21.0 Å². The predicted molar refractivity (Wildman–Crippen MR) is 83.2 cm³/mol. The second-order valence-corrected chi connectivity index (χ2v) is 4.72. The zero-order valence-electron chi connectivity index (χ0n) is 12.4. The van der Waals surface area contributed by atoms with Gasteiger partial charge < -0.3 is 9.84 Å². The molecule has 3 N–H and O–H groups in total. The molecular formula is C15H15N5O3. The lowest BCUT2D eigenvalue weighted by atomic mass is 10.3. The first-order valence-corrected chi connectivity index (χ1v) is 6.91. The minimum Gasteiger partial charge on any atom is -0.505 e. The van der Waals surface area contributed by atoms with E-state index in [9.17, 15) is 9.90 Å². The van der Waals surface area contributed by atoms with Crippen LogP contribution in [0.4, 0.5) is 0 Å². The molecule has 8 nitrogen and oxygen atoms in total. The molecule has 1 heterocycles. The number of aromatic nitrogens is 3. The van der Waals surface area contributed by atoms with Crippen LogP contribution in [0.3, 0.4) is 0 Å². The number of phenolic OH excluding ortho intramolecular Hbond substituents is 1. The zero-order chi connectivity index (χ0) is 16.2. The Morgan fingerprint density at radius 1 is 1.22 bits per heavy atom. The third kappa shape index (κ3) is 3.22. The molecule has 3 rings (SSSR count). The molecule has 0 spiro atoms. The van der Waals surface area contributed by atoms with E-state index in [1.807, 2.05) is 24.3 Å². The first-order chi connectivity index (χ1) is 11.2. The maximum atomic E-state index is 11.3. The highest BCUT2D eigenvalue weighted by Gasteiger charge is 2.10. The molecule has 0 aliphatic rings. The Morgan fingerprint density at radius 3 is 2.52 bits per heavy atom. The molecule has 1 amide bonds. The van der Waals surface area contributed by atoms with E-state index in [1.54, 1.807) is 19.2 Å². The van der Waals surface area contributed by atoms with E-state index in [1.165, 1.54) is 10.9 Å². The number of rotatable bonds is 5. The summed E-state index contributed by atoms with van der Waals surface area (Å²) in [4.78, 5) is 12.7. The quantitative estimate of drug-likeness (QED) is 0.601. The summed E-state index contributed by atoms with van der Waals surface area (Å²) in [5.41, 5.74) is 6.78. The van der Waals surface area contributed by atoms with Gasteiger partial charge in [-0.05, 0) is 24.3 Å². The summed E-state index contributed by atoms with van der Waals surface area (Å²) in [6.45, 7) is -0.163. The van der Waals surface area contributed by atoms with Crippen LogP contribution in [0.25, 0.3) is 16.7 Å². The number of carbonyl (C=O) groups is 1. The number of carbonyl (C=O) groups excluding carboxylic acids is 1. The van der Waals surface area contributed by atoms with Crippen LogP contribution in [0, 0.1) is 0 Å². The highest BCUT2D eigenvalue weighted by molar-refractivity contribution is 5.77. The molecule has 0 bridgehead atoms. The van der Waals surface area contributed by atoms with Gasteiger partial charge in [0.2, 0.25) is 0 Å². The second-order valence-electron chi connectivity index (χ2n) is 4.72. The number of aromatic hydroxyl groups is 1. The van der Waals surface area contributed by atoms with Gasteiger partial charge in [-0.3, -0.25) is 10.2 Å². The van der Waals surface area contributed by atoms with E-state index in [0.717, 1.165) is 11.0 Å². The Morgan fingerprint density at radius 2 is 1.91 bits per heavy atom. The van der Waals surface area contributed by atoms with Crippen molar-refractivity contribution in [2.45, 2.75) is 0 Å². The van der Waals surface area contributed by atoms with Crippen LogP contribution < -0.4 is 15.6 Å². The van der Waals surface area contributed by atoms with Gasteiger partial charge in [0.1, 0.15) is 28.2 Å². The fourth-order valence-corrected chi connectivity index (χ4v) is 2.05. The van der Waals surface area contributed by atoms with Crippen LogP contribution in [0.15, 0.2) is 42.5 Å². The lowest BCUT2D eigenvalue weighted by Crippen LogP contribution is -2.37. The van der Waals surface area contributed by atoms with Gasteiger partial charge in [0.15, 0.2) is 6.61 Å². The van der Waals surface area contributed by atoms with Gasteiger partial charge >= 0.3 is 0 Å². The fourth-order valence-electron chi connectivity index (χ4n) is 2.05. The molecule has 0 aliphatic heterocycles. The Bertz CT molecular complexity index is 813. The standard InChI is InChI=1S/C15H15N5O3/c1-16-17-15(22)9-23-10-6-7-13(14(21)8-10)20-18-11-4-2-3-5-12(11)19-20/h2-8,16,21H,9H2,1H3,(H,17,22). The first kappa shape index (κ1) is 14.8. The van der Waals surface area contributed by atoms with Gasteiger partial charge in [0.25, 0.3) is 5.91 Å². The molecule has 0 atom stereocenters. The van der Waals surface area contributed by atoms with E-state index in [4.69, 9.17) is 4.74 Å². The third-order valence-electron chi connectivity index (χ3n) is 3.08. The molecule has 0 unspecified atom stereocenters. The molecule has 2 aromatic carbocycles. The van der Waals surface area contributed by atoms with E-state index in [0.29, 0.717) is 11.4 Å². The van der Waals surface area contributed by atoms with Gasteiger partial charge in [-0.2, -0.15) is 0 Å². The molecule has 3 aromatic rings. The summed E-state index contributed by atoms with van der Waals surface area (Å²) in [6.07, 6.45) is 0.